The number of likely N-dealkylation sites (tertiary alicyclic amines) is 1. The molecule has 0 aromatic heterocycles. The van der Waals surface area contributed by atoms with Gasteiger partial charge in [0.15, 0.2) is 0 Å². The van der Waals surface area contributed by atoms with Gasteiger partial charge in [-0.2, -0.15) is 0 Å². The normalized spacial score (nSPS) is 22.4. The van der Waals surface area contributed by atoms with Gasteiger partial charge >= 0.3 is 0 Å². The number of nitrogens with one attached hydrogen (secondary N) is 1. The Kier molecular flexibility index (Phi) is 4.75. The quantitative estimate of drug-likeness (QED) is 0.629. The molecule has 1 saturated heterocycles. The van der Waals surface area contributed by atoms with E-state index in [0.717, 1.165) is 19.6 Å². The van der Waals surface area contributed by atoms with E-state index in [1.165, 1.54) is 19.3 Å². The summed E-state index contributed by atoms with van der Waals surface area (Å²) in [4.78, 5) is 2.30. The van der Waals surface area contributed by atoms with E-state index < -0.39 is 11.3 Å². The fraction of sp³-hybridized carbons (Fsp3) is 1.00. The van der Waals surface area contributed by atoms with E-state index in [1.807, 2.05) is 0 Å². The van der Waals surface area contributed by atoms with Gasteiger partial charge in [0.05, 0.1) is 0 Å². The summed E-state index contributed by atoms with van der Waals surface area (Å²) in [6.07, 6.45) is 3.82. The Morgan fingerprint density at radius 3 is 2.58 bits per heavy atom. The number of piperidine rings is 1. The molecule has 72 valence electrons. The van der Waals surface area contributed by atoms with Crippen LogP contribution in [0.3, 0.4) is 0 Å². The summed E-state index contributed by atoms with van der Waals surface area (Å²) in [6.45, 7) is 3.62. The van der Waals surface area contributed by atoms with Crippen LogP contribution in [0.25, 0.3) is 0 Å². The van der Waals surface area contributed by atoms with E-state index >= 15 is 0 Å². The third kappa shape index (κ3) is 4.15. The molecule has 0 spiro atoms. The molecule has 0 saturated carbocycles. The van der Waals surface area contributed by atoms with Gasteiger partial charge in [0.25, 0.3) is 0 Å². The van der Waals surface area contributed by atoms with Crippen LogP contribution in [0.2, 0.25) is 0 Å². The Bertz CT molecular complexity index is 148. The molecule has 0 bridgehead atoms. The first-order chi connectivity index (χ1) is 5.79. The SMILES string of the molecule is O=S([O-])NCCN1CCCCC1. The largest absolute Gasteiger partial charge is 0.760 e. The van der Waals surface area contributed by atoms with Crippen LogP contribution in [0.1, 0.15) is 19.3 Å². The van der Waals surface area contributed by atoms with Crippen LogP contribution >= 0.6 is 0 Å². The lowest BCUT2D eigenvalue weighted by Gasteiger charge is -2.26. The van der Waals surface area contributed by atoms with Crippen LogP contribution in [-0.2, 0) is 11.3 Å². The van der Waals surface area contributed by atoms with Crippen LogP contribution in [-0.4, -0.2) is 39.8 Å². The highest BCUT2D eigenvalue weighted by atomic mass is 32.2. The maximum atomic E-state index is 10.1. The van der Waals surface area contributed by atoms with Gasteiger partial charge in [-0.25, -0.2) is 4.72 Å². The summed E-state index contributed by atoms with van der Waals surface area (Å²) in [7, 11) is 0. The highest BCUT2D eigenvalue weighted by Gasteiger charge is 2.08. The molecule has 1 aliphatic heterocycles. The van der Waals surface area contributed by atoms with Crippen molar-refractivity contribution < 1.29 is 8.76 Å². The summed E-state index contributed by atoms with van der Waals surface area (Å²) in [6, 6.07) is 0. The van der Waals surface area contributed by atoms with Gasteiger partial charge in [-0.05, 0) is 25.9 Å². The van der Waals surface area contributed by atoms with Gasteiger partial charge in [-0.3, -0.25) is 4.21 Å². The van der Waals surface area contributed by atoms with Gasteiger partial charge in [0, 0.05) is 24.4 Å². The van der Waals surface area contributed by atoms with Crippen LogP contribution in [0, 0.1) is 0 Å². The highest BCUT2D eigenvalue weighted by molar-refractivity contribution is 7.77. The average molecular weight is 191 g/mol. The Morgan fingerprint density at radius 1 is 1.33 bits per heavy atom. The Labute approximate surface area is 75.7 Å². The molecule has 1 rings (SSSR count). The van der Waals surface area contributed by atoms with Crippen molar-refractivity contribution >= 4 is 11.3 Å². The average Bonchev–Trinajstić information content (AvgIpc) is 2.05. The maximum absolute atomic E-state index is 10.1. The molecule has 0 radical (unpaired) electrons. The zero-order valence-electron chi connectivity index (χ0n) is 7.12. The van der Waals surface area contributed by atoms with E-state index in [1.54, 1.807) is 0 Å². The van der Waals surface area contributed by atoms with Gasteiger partial charge in [-0.15, -0.1) is 0 Å². The van der Waals surface area contributed by atoms with E-state index in [-0.39, 0.29) is 0 Å². The Balaban J connectivity index is 2.01. The third-order valence-electron chi connectivity index (χ3n) is 2.10. The number of nitrogens with zero attached hydrogens (tertiary/aromatic N) is 1. The summed E-state index contributed by atoms with van der Waals surface area (Å²) < 4.78 is 22.6. The zero-order chi connectivity index (χ0) is 8.81. The smallest absolute Gasteiger partial charge is 0.0199 e. The predicted octanol–water partition coefficient (Wildman–Crippen LogP) is -0.144. The topological polar surface area (TPSA) is 55.4 Å². The minimum absolute atomic E-state index is 0.538. The van der Waals surface area contributed by atoms with Crippen molar-refractivity contribution in [2.75, 3.05) is 26.2 Å². The first kappa shape index (κ1) is 10.1. The molecule has 1 unspecified atom stereocenters. The molecule has 0 aliphatic carbocycles. The molecular formula is C7H15N2O2S-. The second-order valence-corrected chi connectivity index (χ2v) is 3.79. The van der Waals surface area contributed by atoms with Crippen molar-refractivity contribution in [3.05, 3.63) is 0 Å². The highest BCUT2D eigenvalue weighted by Crippen LogP contribution is 2.07. The number of hydrogen-bond acceptors (Lipinski definition) is 3. The van der Waals surface area contributed by atoms with Crippen molar-refractivity contribution in [1.82, 2.24) is 9.62 Å². The van der Waals surface area contributed by atoms with Crippen molar-refractivity contribution in [1.29, 1.82) is 0 Å². The predicted molar refractivity (Wildman–Crippen MR) is 47.2 cm³/mol. The van der Waals surface area contributed by atoms with Crippen LogP contribution in [0.5, 0.6) is 0 Å². The molecule has 1 heterocycles. The lowest BCUT2D eigenvalue weighted by Crippen LogP contribution is -2.36. The number of rotatable bonds is 4. The van der Waals surface area contributed by atoms with Crippen molar-refractivity contribution in [3.63, 3.8) is 0 Å². The van der Waals surface area contributed by atoms with E-state index in [9.17, 15) is 8.76 Å². The van der Waals surface area contributed by atoms with Gasteiger partial charge in [0.2, 0.25) is 0 Å². The first-order valence-corrected chi connectivity index (χ1v) is 5.41. The van der Waals surface area contributed by atoms with Gasteiger partial charge in [0.1, 0.15) is 0 Å². The third-order valence-corrected chi connectivity index (χ3v) is 2.54. The minimum Gasteiger partial charge on any atom is -0.760 e. The fourth-order valence-electron chi connectivity index (χ4n) is 1.47. The van der Waals surface area contributed by atoms with Crippen LogP contribution in [0.4, 0.5) is 0 Å². The van der Waals surface area contributed by atoms with Crippen molar-refractivity contribution in [2.45, 2.75) is 19.3 Å². The molecule has 1 N–H and O–H groups in total. The zero-order valence-corrected chi connectivity index (χ0v) is 7.94. The maximum Gasteiger partial charge on any atom is 0.0199 e. The van der Waals surface area contributed by atoms with E-state index in [4.69, 9.17) is 0 Å². The molecule has 0 aromatic carbocycles. The second kappa shape index (κ2) is 5.64. The summed E-state index contributed by atoms with van der Waals surface area (Å²) >= 11 is -2.10. The minimum atomic E-state index is -2.10. The molecule has 4 nitrogen and oxygen atoms in total. The molecule has 5 heteroatoms. The molecule has 0 amide bonds. The fourth-order valence-corrected chi connectivity index (χ4v) is 1.73. The molecule has 1 atom stereocenters. The summed E-state index contributed by atoms with van der Waals surface area (Å²) in [5, 5.41) is 0. The Morgan fingerprint density at radius 2 is 2.00 bits per heavy atom. The number of hydrogen-bond donors (Lipinski definition) is 1. The molecular weight excluding hydrogens is 176 g/mol. The summed E-state index contributed by atoms with van der Waals surface area (Å²) in [5.74, 6) is 0. The van der Waals surface area contributed by atoms with Crippen LogP contribution < -0.4 is 4.72 Å². The standard InChI is InChI=1S/C7H16N2O2S/c10-12(11)8-4-7-9-5-2-1-3-6-9/h8H,1-7H2,(H,10,11)/p-1. The molecule has 1 fully saturated rings. The van der Waals surface area contributed by atoms with Gasteiger partial charge in [-0.1, -0.05) is 6.42 Å². The van der Waals surface area contributed by atoms with E-state index in [0.29, 0.717) is 6.54 Å². The second-order valence-electron chi connectivity index (χ2n) is 3.03. The lowest BCUT2D eigenvalue weighted by molar-refractivity contribution is 0.232. The van der Waals surface area contributed by atoms with Crippen molar-refractivity contribution in [2.24, 2.45) is 0 Å². The monoisotopic (exact) mass is 191 g/mol. The van der Waals surface area contributed by atoms with Gasteiger partial charge < -0.3 is 9.45 Å². The molecule has 12 heavy (non-hydrogen) atoms. The molecule has 1 aliphatic rings. The Hall–Kier alpha value is 0.0300. The lowest BCUT2D eigenvalue weighted by atomic mass is 10.1. The molecule has 0 aromatic rings. The summed E-state index contributed by atoms with van der Waals surface area (Å²) in [5.41, 5.74) is 0. The first-order valence-electron chi connectivity index (χ1n) is 4.34. The van der Waals surface area contributed by atoms with Crippen LogP contribution in [0.15, 0.2) is 0 Å². The van der Waals surface area contributed by atoms with Crippen molar-refractivity contribution in [3.8, 4) is 0 Å². The van der Waals surface area contributed by atoms with E-state index in [2.05, 4.69) is 9.62 Å².